The lowest BCUT2D eigenvalue weighted by atomic mass is 10.3. The third-order valence-corrected chi connectivity index (χ3v) is 2.74. The van der Waals surface area contributed by atoms with Crippen LogP contribution in [0.4, 0.5) is 5.69 Å². The van der Waals surface area contributed by atoms with Gasteiger partial charge in [-0.05, 0) is 24.3 Å². The molecule has 0 amide bonds. The van der Waals surface area contributed by atoms with Crippen LogP contribution in [0.5, 0.6) is 0 Å². The topological polar surface area (TPSA) is 157 Å². The minimum atomic E-state index is -4.27. The lowest BCUT2D eigenvalue weighted by Crippen LogP contribution is -2.45. The summed E-state index contributed by atoms with van der Waals surface area (Å²) in [4.78, 5) is 0.599. The summed E-state index contributed by atoms with van der Waals surface area (Å²) in [6.45, 7) is 0. The maximum absolute atomic E-state index is 10.8. The molecule has 7 N–H and O–H groups in total. The van der Waals surface area contributed by atoms with E-state index in [0.717, 1.165) is 17.0 Å². The van der Waals surface area contributed by atoms with Crippen molar-refractivity contribution in [2.75, 3.05) is 4.90 Å². The molecule has 0 fully saturated rings. The molecule has 1 aromatic carbocycles. The Hall–Kier alpha value is -2.13. The molecule has 0 aliphatic heterocycles. The van der Waals surface area contributed by atoms with Crippen LogP contribution in [0.15, 0.2) is 29.2 Å². The van der Waals surface area contributed by atoms with Gasteiger partial charge < -0.3 is 11.5 Å². The van der Waals surface area contributed by atoms with Crippen LogP contribution in [0.25, 0.3) is 0 Å². The average molecular weight is 257 g/mol. The van der Waals surface area contributed by atoms with E-state index in [9.17, 15) is 8.42 Å². The van der Waals surface area contributed by atoms with Crippen LogP contribution in [0, 0.1) is 10.8 Å². The van der Waals surface area contributed by atoms with Gasteiger partial charge in [-0.25, -0.2) is 0 Å². The number of nitrogens with two attached hydrogens (primary N) is 2. The second-order valence-corrected chi connectivity index (χ2v) is 4.50. The first-order chi connectivity index (χ1) is 7.73. The Balaban J connectivity index is 3.18. The van der Waals surface area contributed by atoms with Crippen molar-refractivity contribution in [1.82, 2.24) is 0 Å². The normalized spacial score (nSPS) is 10.9. The van der Waals surface area contributed by atoms with E-state index in [1.54, 1.807) is 0 Å². The van der Waals surface area contributed by atoms with Gasteiger partial charge in [0.15, 0.2) is 11.9 Å². The number of hydrogen-bond donors (Lipinski definition) is 5. The van der Waals surface area contributed by atoms with Crippen LogP contribution in [0.2, 0.25) is 0 Å². The van der Waals surface area contributed by atoms with Crippen molar-refractivity contribution >= 4 is 27.7 Å². The second-order valence-electron chi connectivity index (χ2n) is 3.07. The Kier molecular flexibility index (Phi) is 3.34. The van der Waals surface area contributed by atoms with E-state index in [-0.39, 0.29) is 10.6 Å². The Labute approximate surface area is 97.6 Å². The summed E-state index contributed by atoms with van der Waals surface area (Å²) in [6.07, 6.45) is 0. The molecule has 1 aromatic rings. The van der Waals surface area contributed by atoms with Gasteiger partial charge in [-0.15, -0.1) is 0 Å². The molecule has 9 heteroatoms. The van der Waals surface area contributed by atoms with Gasteiger partial charge in [0.1, 0.15) is 0 Å². The van der Waals surface area contributed by atoms with Gasteiger partial charge in [0, 0.05) is 0 Å². The molecular weight excluding hydrogens is 246 g/mol. The predicted octanol–water partition coefficient (Wildman–Crippen LogP) is -0.473. The summed E-state index contributed by atoms with van der Waals surface area (Å²) >= 11 is 0. The highest BCUT2D eigenvalue weighted by Crippen LogP contribution is 2.17. The molecule has 0 radical (unpaired) electrons. The van der Waals surface area contributed by atoms with Crippen LogP contribution >= 0.6 is 0 Å². The van der Waals surface area contributed by atoms with Crippen LogP contribution in [-0.4, -0.2) is 24.9 Å². The molecule has 0 aromatic heterocycles. The molecule has 0 aliphatic carbocycles. The Morgan fingerprint density at radius 3 is 1.82 bits per heavy atom. The van der Waals surface area contributed by atoms with Gasteiger partial charge in [0.05, 0.1) is 10.6 Å². The van der Waals surface area contributed by atoms with Gasteiger partial charge in [0.2, 0.25) is 0 Å². The monoisotopic (exact) mass is 257 g/mol. The van der Waals surface area contributed by atoms with E-state index in [4.69, 9.17) is 26.8 Å². The molecule has 8 nitrogen and oxygen atoms in total. The number of nitrogens with one attached hydrogen (secondary N) is 2. The van der Waals surface area contributed by atoms with Crippen molar-refractivity contribution in [3.8, 4) is 0 Å². The summed E-state index contributed by atoms with van der Waals surface area (Å²) in [5.74, 6) is -0.950. The summed E-state index contributed by atoms with van der Waals surface area (Å²) in [5, 5.41) is 14.4. The summed E-state index contributed by atoms with van der Waals surface area (Å²) < 4.78 is 30.3. The quantitative estimate of drug-likeness (QED) is 0.273. The van der Waals surface area contributed by atoms with Crippen molar-refractivity contribution < 1.29 is 13.0 Å². The first-order valence-electron chi connectivity index (χ1n) is 4.29. The number of hydrogen-bond acceptors (Lipinski definition) is 4. The number of nitrogens with zero attached hydrogens (tertiary/aromatic N) is 1. The fourth-order valence-electron chi connectivity index (χ4n) is 1.18. The van der Waals surface area contributed by atoms with Crippen molar-refractivity contribution in [3.63, 3.8) is 0 Å². The Bertz CT molecular complexity index is 537. The molecule has 0 heterocycles. The van der Waals surface area contributed by atoms with Gasteiger partial charge in [-0.3, -0.25) is 20.3 Å². The predicted molar refractivity (Wildman–Crippen MR) is 62.6 cm³/mol. The fraction of sp³-hybridized carbons (Fsp3) is 0. The van der Waals surface area contributed by atoms with Gasteiger partial charge in [-0.1, -0.05) is 0 Å². The minimum absolute atomic E-state index is 0.248. The molecule has 0 aliphatic rings. The lowest BCUT2D eigenvalue weighted by Gasteiger charge is -2.20. The molecule has 0 saturated carbocycles. The largest absolute Gasteiger partial charge is 0.369 e. The SMILES string of the molecule is N=C(N)N(C(=N)N)c1ccc(S(=O)(=O)O)cc1. The molecule has 1 rings (SSSR count). The average Bonchev–Trinajstić information content (AvgIpc) is 2.15. The first-order valence-corrected chi connectivity index (χ1v) is 5.73. The standard InChI is InChI=1S/C8H11N5O3S/c9-7(10)13(8(11)12)5-1-3-6(4-2-5)17(14,15)16/h1-4H,(H3,9,10)(H3,11,12)(H,14,15,16). The van der Waals surface area contributed by atoms with E-state index in [1.807, 2.05) is 0 Å². The maximum Gasteiger partial charge on any atom is 0.294 e. The van der Waals surface area contributed by atoms with Crippen molar-refractivity contribution in [2.24, 2.45) is 11.5 Å². The molecule has 0 unspecified atom stereocenters. The van der Waals surface area contributed by atoms with Crippen molar-refractivity contribution in [1.29, 1.82) is 10.8 Å². The van der Waals surface area contributed by atoms with Crippen molar-refractivity contribution in [2.45, 2.75) is 4.90 Å². The zero-order chi connectivity index (χ0) is 13.2. The highest BCUT2D eigenvalue weighted by atomic mass is 32.2. The van der Waals surface area contributed by atoms with E-state index in [0.29, 0.717) is 0 Å². The highest BCUT2D eigenvalue weighted by molar-refractivity contribution is 7.85. The molecule has 0 bridgehead atoms. The van der Waals surface area contributed by atoms with Crippen LogP contribution < -0.4 is 16.4 Å². The molecule has 0 spiro atoms. The summed E-state index contributed by atoms with van der Waals surface area (Å²) in [5.41, 5.74) is 10.7. The van der Waals surface area contributed by atoms with E-state index in [1.165, 1.54) is 12.1 Å². The smallest absolute Gasteiger partial charge is 0.294 e. The minimum Gasteiger partial charge on any atom is -0.369 e. The first kappa shape index (κ1) is 12.9. The van der Waals surface area contributed by atoms with Gasteiger partial charge >= 0.3 is 0 Å². The van der Waals surface area contributed by atoms with Gasteiger partial charge in [0.25, 0.3) is 10.1 Å². The Morgan fingerprint density at radius 2 is 1.53 bits per heavy atom. The van der Waals surface area contributed by atoms with Crippen LogP contribution in [0.3, 0.4) is 0 Å². The number of benzene rings is 1. The van der Waals surface area contributed by atoms with Crippen LogP contribution in [-0.2, 0) is 10.1 Å². The van der Waals surface area contributed by atoms with E-state index < -0.39 is 22.0 Å². The van der Waals surface area contributed by atoms with Crippen LogP contribution in [0.1, 0.15) is 0 Å². The third kappa shape index (κ3) is 2.92. The number of guanidine groups is 2. The number of rotatable bonds is 2. The molecule has 92 valence electrons. The van der Waals surface area contributed by atoms with Crippen molar-refractivity contribution in [3.05, 3.63) is 24.3 Å². The second kappa shape index (κ2) is 4.39. The molecule has 0 saturated heterocycles. The Morgan fingerprint density at radius 1 is 1.12 bits per heavy atom. The van der Waals surface area contributed by atoms with E-state index >= 15 is 0 Å². The highest BCUT2D eigenvalue weighted by Gasteiger charge is 2.14. The lowest BCUT2D eigenvalue weighted by molar-refractivity contribution is 0.483. The molecule has 0 atom stereocenters. The number of anilines is 1. The summed E-state index contributed by atoms with van der Waals surface area (Å²) in [7, 11) is -4.27. The molecular formula is C8H11N5O3S. The zero-order valence-electron chi connectivity index (χ0n) is 8.58. The van der Waals surface area contributed by atoms with Gasteiger partial charge in [-0.2, -0.15) is 8.42 Å². The maximum atomic E-state index is 10.8. The third-order valence-electron chi connectivity index (χ3n) is 1.87. The zero-order valence-corrected chi connectivity index (χ0v) is 9.40. The summed E-state index contributed by atoms with van der Waals surface area (Å²) in [6, 6.07) is 4.77. The van der Waals surface area contributed by atoms with E-state index in [2.05, 4.69) is 0 Å². The fourth-order valence-corrected chi connectivity index (χ4v) is 1.66. The molecule has 17 heavy (non-hydrogen) atoms.